The van der Waals surface area contributed by atoms with Crippen molar-refractivity contribution in [2.24, 2.45) is 0 Å². The molecule has 1 aliphatic rings. The number of nitrogens with one attached hydrogen (secondary N) is 3. The molecule has 0 heterocycles. The number of hydrogen-bond acceptors (Lipinski definition) is 2. The van der Waals surface area contributed by atoms with E-state index in [0.29, 0.717) is 24.7 Å². The van der Waals surface area contributed by atoms with E-state index < -0.39 is 6.03 Å². The minimum absolute atomic E-state index is 0.181. The Morgan fingerprint density at radius 3 is 2.70 bits per heavy atom. The third-order valence-corrected chi connectivity index (χ3v) is 3.99. The van der Waals surface area contributed by atoms with Crippen molar-refractivity contribution in [1.29, 1.82) is 0 Å². The first-order chi connectivity index (χ1) is 11.1. The Balaban J connectivity index is 1.83. The maximum Gasteiger partial charge on any atom is 0.321 e. The molecular formula is C17H25FN3O2+. The van der Waals surface area contributed by atoms with Gasteiger partial charge in [0.25, 0.3) is 5.91 Å². The zero-order valence-corrected chi connectivity index (χ0v) is 13.5. The van der Waals surface area contributed by atoms with Crippen LogP contribution in [0.15, 0.2) is 24.3 Å². The lowest BCUT2D eigenvalue weighted by molar-refractivity contribution is -0.917. The first-order valence-electron chi connectivity index (χ1n) is 8.25. The Bertz CT molecular complexity index is 546. The fraction of sp³-hybridized carbons (Fsp3) is 0.529. The zero-order chi connectivity index (χ0) is 16.7. The van der Waals surface area contributed by atoms with E-state index >= 15 is 0 Å². The summed E-state index contributed by atoms with van der Waals surface area (Å²) in [5.41, 5.74) is 0.606. The number of rotatable bonds is 8. The summed E-state index contributed by atoms with van der Waals surface area (Å²) in [7, 11) is 0. The van der Waals surface area contributed by atoms with Gasteiger partial charge in [-0.3, -0.25) is 10.1 Å². The molecule has 0 aliphatic heterocycles. The monoisotopic (exact) mass is 322 g/mol. The number of carbonyl (C=O) groups excluding carboxylic acids is 2. The molecule has 2 rings (SSSR count). The number of amides is 3. The smallest absolute Gasteiger partial charge is 0.321 e. The average Bonchev–Trinajstić information content (AvgIpc) is 3.33. The van der Waals surface area contributed by atoms with Crippen molar-refractivity contribution < 1.29 is 18.9 Å². The van der Waals surface area contributed by atoms with Gasteiger partial charge in [0.1, 0.15) is 12.4 Å². The number of unbranched alkanes of at least 4 members (excludes halogenated alkanes) is 1. The van der Waals surface area contributed by atoms with Crippen LogP contribution in [0.1, 0.15) is 38.2 Å². The molecule has 3 amide bonds. The zero-order valence-electron chi connectivity index (χ0n) is 13.5. The van der Waals surface area contributed by atoms with Gasteiger partial charge in [-0.1, -0.05) is 31.5 Å². The fourth-order valence-electron chi connectivity index (χ4n) is 2.53. The Hall–Kier alpha value is -1.95. The number of hydrogen-bond donors (Lipinski definition) is 3. The molecule has 23 heavy (non-hydrogen) atoms. The van der Waals surface area contributed by atoms with Gasteiger partial charge in [-0.25, -0.2) is 9.18 Å². The van der Waals surface area contributed by atoms with Crippen molar-refractivity contribution in [2.45, 2.75) is 45.2 Å². The lowest BCUT2D eigenvalue weighted by atomic mass is 10.2. The second-order valence-corrected chi connectivity index (χ2v) is 6.04. The van der Waals surface area contributed by atoms with Crippen LogP contribution in [0.25, 0.3) is 0 Å². The van der Waals surface area contributed by atoms with Gasteiger partial charge >= 0.3 is 6.03 Å². The van der Waals surface area contributed by atoms with Crippen molar-refractivity contribution in [1.82, 2.24) is 10.6 Å². The van der Waals surface area contributed by atoms with E-state index in [1.807, 2.05) is 6.92 Å². The van der Waals surface area contributed by atoms with Crippen LogP contribution in [0.2, 0.25) is 0 Å². The second kappa shape index (κ2) is 8.62. The maximum absolute atomic E-state index is 13.8. The third kappa shape index (κ3) is 5.98. The van der Waals surface area contributed by atoms with E-state index in [2.05, 4.69) is 10.6 Å². The second-order valence-electron chi connectivity index (χ2n) is 6.04. The van der Waals surface area contributed by atoms with E-state index in [0.717, 1.165) is 30.6 Å². The molecular weight excluding hydrogens is 297 g/mol. The molecule has 1 atom stereocenters. The van der Waals surface area contributed by atoms with Gasteiger partial charge in [0.05, 0.1) is 6.04 Å². The van der Waals surface area contributed by atoms with Gasteiger partial charge < -0.3 is 10.2 Å². The summed E-state index contributed by atoms with van der Waals surface area (Å²) in [6.45, 7) is 3.23. The summed E-state index contributed by atoms with van der Waals surface area (Å²) in [6, 6.07) is 6.55. The van der Waals surface area contributed by atoms with Crippen molar-refractivity contribution in [3.05, 3.63) is 35.6 Å². The number of urea groups is 1. The number of quaternary nitrogens is 1. The van der Waals surface area contributed by atoms with E-state index in [9.17, 15) is 14.0 Å². The van der Waals surface area contributed by atoms with Gasteiger partial charge in [-0.15, -0.1) is 0 Å². The summed E-state index contributed by atoms with van der Waals surface area (Å²) < 4.78 is 13.8. The molecule has 1 aromatic carbocycles. The molecule has 1 saturated carbocycles. The number of carbonyl (C=O) groups is 2. The molecule has 6 heteroatoms. The minimum atomic E-state index is -0.454. The highest BCUT2D eigenvalue weighted by Gasteiger charge is 2.35. The summed E-state index contributed by atoms with van der Waals surface area (Å²) >= 11 is 0. The van der Waals surface area contributed by atoms with Crippen LogP contribution in [-0.2, 0) is 11.3 Å². The van der Waals surface area contributed by atoms with E-state index in [4.69, 9.17) is 0 Å². The van der Waals surface area contributed by atoms with Crippen molar-refractivity contribution in [3.63, 3.8) is 0 Å². The lowest BCUT2D eigenvalue weighted by Gasteiger charge is -2.19. The lowest BCUT2D eigenvalue weighted by Crippen LogP contribution is -3.13. The molecule has 0 aromatic heterocycles. The summed E-state index contributed by atoms with van der Waals surface area (Å²) in [5.74, 6) is -0.569. The molecule has 1 aromatic rings. The van der Waals surface area contributed by atoms with Gasteiger partial charge in [-0.2, -0.15) is 0 Å². The summed E-state index contributed by atoms with van der Waals surface area (Å²) in [4.78, 5) is 24.6. The quantitative estimate of drug-likeness (QED) is 0.625. The van der Waals surface area contributed by atoms with Crippen LogP contribution in [0.5, 0.6) is 0 Å². The molecule has 1 fully saturated rings. The van der Waals surface area contributed by atoms with Gasteiger partial charge in [0.2, 0.25) is 0 Å². The average molecular weight is 322 g/mol. The SMILES string of the molecule is CCCCNC(=O)NC(=O)C[NH+](Cc1ccccc1F)C1CC1. The number of benzene rings is 1. The van der Waals surface area contributed by atoms with Crippen LogP contribution in [0, 0.1) is 5.82 Å². The molecule has 0 spiro atoms. The molecule has 0 radical (unpaired) electrons. The number of imide groups is 1. The Labute approximate surface area is 136 Å². The van der Waals surface area contributed by atoms with Crippen LogP contribution in [0.3, 0.4) is 0 Å². The Morgan fingerprint density at radius 2 is 2.04 bits per heavy atom. The molecule has 0 saturated heterocycles. The van der Waals surface area contributed by atoms with E-state index in [1.54, 1.807) is 18.2 Å². The Morgan fingerprint density at radius 1 is 1.30 bits per heavy atom. The normalized spacial score (nSPS) is 15.0. The molecule has 1 aliphatic carbocycles. The molecule has 3 N–H and O–H groups in total. The molecule has 126 valence electrons. The van der Waals surface area contributed by atoms with Crippen LogP contribution in [-0.4, -0.2) is 31.1 Å². The van der Waals surface area contributed by atoms with Crippen LogP contribution < -0.4 is 15.5 Å². The topological polar surface area (TPSA) is 62.6 Å². The first-order valence-corrected chi connectivity index (χ1v) is 8.25. The van der Waals surface area contributed by atoms with Gasteiger partial charge in [0.15, 0.2) is 6.54 Å². The minimum Gasteiger partial charge on any atom is -0.338 e. The van der Waals surface area contributed by atoms with Gasteiger partial charge in [-0.05, 0) is 12.5 Å². The van der Waals surface area contributed by atoms with Crippen molar-refractivity contribution in [2.75, 3.05) is 13.1 Å². The largest absolute Gasteiger partial charge is 0.338 e. The fourth-order valence-corrected chi connectivity index (χ4v) is 2.53. The predicted octanol–water partition coefficient (Wildman–Crippen LogP) is 0.999. The first kappa shape index (κ1) is 17.4. The maximum atomic E-state index is 13.8. The predicted molar refractivity (Wildman–Crippen MR) is 85.4 cm³/mol. The summed E-state index contributed by atoms with van der Waals surface area (Å²) in [6.07, 6.45) is 3.95. The molecule has 5 nitrogen and oxygen atoms in total. The highest BCUT2D eigenvalue weighted by molar-refractivity contribution is 5.94. The van der Waals surface area contributed by atoms with Crippen LogP contribution in [0.4, 0.5) is 9.18 Å². The number of halogens is 1. The standard InChI is InChI=1S/C17H24FN3O2/c1-2-3-10-19-17(23)20-16(22)12-21(14-8-9-14)11-13-6-4-5-7-15(13)18/h4-7,14H,2-3,8-12H2,1H3,(H2,19,20,22,23)/p+1. The van der Waals surface area contributed by atoms with Crippen molar-refractivity contribution in [3.8, 4) is 0 Å². The van der Waals surface area contributed by atoms with Crippen LogP contribution >= 0.6 is 0 Å². The molecule has 1 unspecified atom stereocenters. The third-order valence-electron chi connectivity index (χ3n) is 3.99. The van der Waals surface area contributed by atoms with Crippen molar-refractivity contribution >= 4 is 11.9 Å². The molecule has 0 bridgehead atoms. The highest BCUT2D eigenvalue weighted by atomic mass is 19.1. The Kier molecular flexibility index (Phi) is 6.52. The van der Waals surface area contributed by atoms with E-state index in [1.165, 1.54) is 6.07 Å². The van der Waals surface area contributed by atoms with E-state index in [-0.39, 0.29) is 18.3 Å². The highest BCUT2D eigenvalue weighted by Crippen LogP contribution is 2.16. The summed E-state index contributed by atoms with van der Waals surface area (Å²) in [5, 5.41) is 5.00. The van der Waals surface area contributed by atoms with Gasteiger partial charge in [0, 0.05) is 24.9 Å².